The highest BCUT2D eigenvalue weighted by atomic mass is 16.5. The Kier molecular flexibility index (Phi) is 15.0. The number of ether oxygens (including phenoxy) is 5. The molecule has 0 spiro atoms. The Bertz CT molecular complexity index is 728. The zero-order valence-corrected chi connectivity index (χ0v) is 19.5. The van der Waals surface area contributed by atoms with E-state index in [9.17, 15) is 19.2 Å². The molecule has 0 amide bonds. The number of carbonyl (C=O) groups excluding carboxylic acids is 4. The molecule has 9 nitrogen and oxygen atoms in total. The van der Waals surface area contributed by atoms with E-state index in [4.69, 9.17) is 18.9 Å². The number of carbonyl (C=O) groups is 4. The van der Waals surface area contributed by atoms with Crippen molar-refractivity contribution in [2.75, 3.05) is 40.6 Å². The standard InChI is InChI=1S/C24H34O9/c1-29-15-5-6-16-31-21(25)9-3-4-10-22(26)32-17-7-8-18-33-24(28)20-13-11-19(12-14-20)23(27)30-2/h11-14H,3-10,15-18H2,1-2H3. The molecule has 0 aliphatic carbocycles. The zero-order valence-electron chi connectivity index (χ0n) is 19.5. The van der Waals surface area contributed by atoms with Gasteiger partial charge in [0.1, 0.15) is 0 Å². The molecule has 33 heavy (non-hydrogen) atoms. The third-order valence-corrected chi connectivity index (χ3v) is 4.59. The van der Waals surface area contributed by atoms with E-state index >= 15 is 0 Å². The number of esters is 4. The van der Waals surface area contributed by atoms with Gasteiger partial charge in [-0.05, 0) is 62.8 Å². The summed E-state index contributed by atoms with van der Waals surface area (Å²) in [7, 11) is 2.92. The van der Waals surface area contributed by atoms with Crippen LogP contribution in [-0.4, -0.2) is 64.5 Å². The van der Waals surface area contributed by atoms with Gasteiger partial charge in [-0.25, -0.2) is 9.59 Å². The molecule has 0 N–H and O–H groups in total. The Morgan fingerprint density at radius 1 is 0.576 bits per heavy atom. The Balaban J connectivity index is 2.01. The molecule has 0 saturated heterocycles. The second-order valence-corrected chi connectivity index (χ2v) is 7.26. The van der Waals surface area contributed by atoms with Crippen molar-refractivity contribution in [2.45, 2.75) is 51.4 Å². The van der Waals surface area contributed by atoms with Gasteiger partial charge in [0, 0.05) is 26.6 Å². The molecule has 1 aromatic rings. The predicted molar refractivity (Wildman–Crippen MR) is 119 cm³/mol. The smallest absolute Gasteiger partial charge is 0.338 e. The van der Waals surface area contributed by atoms with E-state index in [-0.39, 0.29) is 38.0 Å². The topological polar surface area (TPSA) is 114 Å². The van der Waals surface area contributed by atoms with Crippen LogP contribution in [0.5, 0.6) is 0 Å². The van der Waals surface area contributed by atoms with Gasteiger partial charge in [-0.1, -0.05) is 0 Å². The molecule has 0 saturated carbocycles. The fourth-order valence-electron chi connectivity index (χ4n) is 2.72. The normalized spacial score (nSPS) is 10.4. The van der Waals surface area contributed by atoms with Gasteiger partial charge in [0.05, 0.1) is 38.1 Å². The number of hydrogen-bond acceptors (Lipinski definition) is 9. The number of benzene rings is 1. The van der Waals surface area contributed by atoms with Gasteiger partial charge in [0.15, 0.2) is 0 Å². The summed E-state index contributed by atoms with van der Waals surface area (Å²) >= 11 is 0. The molecule has 0 aliphatic rings. The summed E-state index contributed by atoms with van der Waals surface area (Å²) < 4.78 is 24.9. The Hall–Kier alpha value is -2.94. The summed E-state index contributed by atoms with van der Waals surface area (Å²) in [5.74, 6) is -1.53. The van der Waals surface area contributed by atoms with Crippen LogP contribution in [0.3, 0.4) is 0 Å². The average molecular weight is 467 g/mol. The largest absolute Gasteiger partial charge is 0.466 e. The Morgan fingerprint density at radius 2 is 1.00 bits per heavy atom. The fraction of sp³-hybridized carbons (Fsp3) is 0.583. The monoisotopic (exact) mass is 466 g/mol. The van der Waals surface area contributed by atoms with Gasteiger partial charge in [0.2, 0.25) is 0 Å². The van der Waals surface area contributed by atoms with Crippen molar-refractivity contribution in [1.29, 1.82) is 0 Å². The van der Waals surface area contributed by atoms with Crippen LogP contribution in [0.15, 0.2) is 24.3 Å². The Labute approximate surface area is 194 Å². The molecule has 0 heterocycles. The average Bonchev–Trinajstić information content (AvgIpc) is 2.83. The second kappa shape index (κ2) is 17.6. The number of rotatable bonds is 17. The number of methoxy groups -OCH3 is 2. The van der Waals surface area contributed by atoms with Crippen LogP contribution < -0.4 is 0 Å². The van der Waals surface area contributed by atoms with Crippen LogP contribution in [0.2, 0.25) is 0 Å². The van der Waals surface area contributed by atoms with E-state index in [0.717, 1.165) is 12.8 Å². The molecule has 1 rings (SSSR count). The molecule has 0 bridgehead atoms. The van der Waals surface area contributed by atoms with Crippen molar-refractivity contribution in [3.8, 4) is 0 Å². The van der Waals surface area contributed by atoms with Crippen LogP contribution in [-0.2, 0) is 33.3 Å². The van der Waals surface area contributed by atoms with Crippen molar-refractivity contribution in [3.63, 3.8) is 0 Å². The first kappa shape index (κ1) is 28.1. The maximum Gasteiger partial charge on any atom is 0.338 e. The summed E-state index contributed by atoms with van der Waals surface area (Å²) in [4.78, 5) is 46.6. The highest BCUT2D eigenvalue weighted by Crippen LogP contribution is 2.08. The zero-order chi connectivity index (χ0) is 24.3. The van der Waals surface area contributed by atoms with E-state index < -0.39 is 11.9 Å². The summed E-state index contributed by atoms with van der Waals surface area (Å²) in [6, 6.07) is 5.99. The van der Waals surface area contributed by atoms with Gasteiger partial charge in [-0.3, -0.25) is 9.59 Å². The van der Waals surface area contributed by atoms with Crippen molar-refractivity contribution in [3.05, 3.63) is 35.4 Å². The first-order chi connectivity index (χ1) is 16.0. The fourth-order valence-corrected chi connectivity index (χ4v) is 2.72. The van der Waals surface area contributed by atoms with E-state index in [1.54, 1.807) is 7.11 Å². The van der Waals surface area contributed by atoms with Crippen molar-refractivity contribution in [1.82, 2.24) is 0 Å². The summed E-state index contributed by atoms with van der Waals surface area (Å²) in [5, 5.41) is 0. The third-order valence-electron chi connectivity index (χ3n) is 4.59. The molecule has 0 unspecified atom stereocenters. The van der Waals surface area contributed by atoms with Crippen LogP contribution in [0.4, 0.5) is 0 Å². The molecule has 0 radical (unpaired) electrons. The molecule has 9 heteroatoms. The lowest BCUT2D eigenvalue weighted by molar-refractivity contribution is -0.146. The van der Waals surface area contributed by atoms with E-state index in [0.29, 0.717) is 50.0 Å². The molecule has 184 valence electrons. The van der Waals surface area contributed by atoms with Crippen molar-refractivity contribution in [2.24, 2.45) is 0 Å². The lowest BCUT2D eigenvalue weighted by Crippen LogP contribution is -2.10. The highest BCUT2D eigenvalue weighted by molar-refractivity contribution is 5.93. The molecular formula is C24H34O9. The van der Waals surface area contributed by atoms with Gasteiger partial charge < -0.3 is 23.7 Å². The third kappa shape index (κ3) is 13.3. The van der Waals surface area contributed by atoms with Gasteiger partial charge in [0.25, 0.3) is 0 Å². The maximum atomic E-state index is 12.0. The van der Waals surface area contributed by atoms with Gasteiger partial charge >= 0.3 is 23.9 Å². The van der Waals surface area contributed by atoms with Crippen LogP contribution in [0, 0.1) is 0 Å². The van der Waals surface area contributed by atoms with Crippen molar-refractivity contribution >= 4 is 23.9 Å². The molecule has 0 aromatic heterocycles. The lowest BCUT2D eigenvalue weighted by Gasteiger charge is -2.07. The summed E-state index contributed by atoms with van der Waals surface area (Å²) in [5.41, 5.74) is 0.688. The summed E-state index contributed by atoms with van der Waals surface area (Å²) in [6.07, 6.45) is 4.41. The minimum absolute atomic E-state index is 0.197. The minimum atomic E-state index is -0.489. The Morgan fingerprint density at radius 3 is 1.45 bits per heavy atom. The van der Waals surface area contributed by atoms with E-state index in [1.165, 1.54) is 31.4 Å². The molecule has 0 aliphatic heterocycles. The second-order valence-electron chi connectivity index (χ2n) is 7.26. The molecular weight excluding hydrogens is 432 g/mol. The van der Waals surface area contributed by atoms with E-state index in [2.05, 4.69) is 4.74 Å². The molecule has 0 atom stereocenters. The van der Waals surface area contributed by atoms with Crippen LogP contribution in [0.1, 0.15) is 72.1 Å². The molecule has 0 fully saturated rings. The van der Waals surface area contributed by atoms with Gasteiger partial charge in [-0.2, -0.15) is 0 Å². The first-order valence-corrected chi connectivity index (χ1v) is 11.1. The lowest BCUT2D eigenvalue weighted by atomic mass is 10.1. The van der Waals surface area contributed by atoms with Crippen LogP contribution >= 0.6 is 0 Å². The number of hydrogen-bond donors (Lipinski definition) is 0. The quantitative estimate of drug-likeness (QED) is 0.193. The highest BCUT2D eigenvalue weighted by Gasteiger charge is 2.10. The summed E-state index contributed by atoms with van der Waals surface area (Å²) in [6.45, 7) is 1.48. The predicted octanol–water partition coefficient (Wildman–Crippen LogP) is 3.48. The van der Waals surface area contributed by atoms with Crippen LogP contribution in [0.25, 0.3) is 0 Å². The van der Waals surface area contributed by atoms with Crippen molar-refractivity contribution < 1.29 is 42.9 Å². The number of unbranched alkanes of at least 4 members (excludes halogenated alkanes) is 3. The maximum absolute atomic E-state index is 12.0. The SMILES string of the molecule is COCCCCOC(=O)CCCCC(=O)OCCCCOC(=O)c1ccc(C(=O)OC)cc1. The first-order valence-electron chi connectivity index (χ1n) is 11.1. The molecule has 1 aromatic carbocycles. The van der Waals surface area contributed by atoms with E-state index in [1.807, 2.05) is 0 Å². The van der Waals surface area contributed by atoms with Gasteiger partial charge in [-0.15, -0.1) is 0 Å². The minimum Gasteiger partial charge on any atom is -0.466 e.